The fraction of sp³-hybridized carbons (Fsp3) is 0.571. The van der Waals surface area contributed by atoms with Crippen molar-refractivity contribution in [1.29, 1.82) is 0 Å². The molecule has 1 aromatic heterocycles. The van der Waals surface area contributed by atoms with E-state index < -0.39 is 0 Å². The van der Waals surface area contributed by atoms with Crippen LogP contribution in [0.15, 0.2) is 30.3 Å². The molecule has 29 heavy (non-hydrogen) atoms. The highest BCUT2D eigenvalue weighted by Crippen LogP contribution is 2.44. The molecule has 3 atom stereocenters. The number of hydrogen-bond acceptors (Lipinski definition) is 4. The second kappa shape index (κ2) is 9.31. The van der Waals surface area contributed by atoms with Crippen molar-refractivity contribution in [2.75, 3.05) is 33.2 Å². The van der Waals surface area contributed by atoms with Gasteiger partial charge in [-0.25, -0.2) is 4.39 Å². The van der Waals surface area contributed by atoms with E-state index in [9.17, 15) is 4.39 Å². The second-order valence-corrected chi connectivity index (χ2v) is 8.44. The number of nitrogens with zero attached hydrogens (tertiary/aromatic N) is 4. The average molecular weight is 442 g/mol. The van der Waals surface area contributed by atoms with E-state index in [2.05, 4.69) is 39.0 Å². The van der Waals surface area contributed by atoms with Gasteiger partial charge < -0.3 is 5.32 Å². The molecule has 5 rings (SSSR count). The van der Waals surface area contributed by atoms with Crippen LogP contribution in [0.25, 0.3) is 0 Å². The van der Waals surface area contributed by atoms with Crippen molar-refractivity contribution in [3.05, 3.63) is 53.1 Å². The average Bonchev–Trinajstić information content (AvgIpc) is 3.22. The van der Waals surface area contributed by atoms with Crippen molar-refractivity contribution in [3.8, 4) is 0 Å². The molecule has 0 aliphatic carbocycles. The Morgan fingerprint density at radius 1 is 1.17 bits per heavy atom. The molecule has 0 spiro atoms. The number of halogens is 3. The van der Waals surface area contributed by atoms with Gasteiger partial charge in [-0.2, -0.15) is 5.10 Å². The zero-order valence-corrected chi connectivity index (χ0v) is 18.4. The molecule has 1 N–H and O–H groups in total. The van der Waals surface area contributed by atoms with Gasteiger partial charge in [0.05, 0.1) is 11.4 Å². The predicted molar refractivity (Wildman–Crippen MR) is 117 cm³/mol. The predicted octanol–water partition coefficient (Wildman–Crippen LogP) is 3.09. The number of benzene rings is 1. The lowest BCUT2D eigenvalue weighted by Crippen LogP contribution is -2.29. The molecular formula is C21H30Cl2FN5. The summed E-state index contributed by atoms with van der Waals surface area (Å²) in [6.07, 6.45) is 1.14. The summed E-state index contributed by atoms with van der Waals surface area (Å²) in [5, 5.41) is 8.31. The normalized spacial score (nSPS) is 26.9. The smallest absolute Gasteiger partial charge is 0.123 e. The number of rotatable bonds is 3. The number of hydrogen-bond donors (Lipinski definition) is 1. The van der Waals surface area contributed by atoms with Crippen LogP contribution in [0, 0.1) is 17.7 Å². The van der Waals surface area contributed by atoms with Gasteiger partial charge in [-0.3, -0.25) is 14.5 Å². The molecule has 3 aliphatic heterocycles. The number of fused-ring (bicyclic) bond motifs is 2. The van der Waals surface area contributed by atoms with E-state index in [0.717, 1.165) is 57.8 Å². The molecule has 0 bridgehead atoms. The van der Waals surface area contributed by atoms with Gasteiger partial charge in [0.25, 0.3) is 0 Å². The van der Waals surface area contributed by atoms with Gasteiger partial charge in [0.15, 0.2) is 0 Å². The summed E-state index contributed by atoms with van der Waals surface area (Å²) in [6.45, 7) is 7.20. The van der Waals surface area contributed by atoms with E-state index in [1.165, 1.54) is 17.5 Å². The van der Waals surface area contributed by atoms with Crippen LogP contribution >= 0.6 is 24.8 Å². The summed E-state index contributed by atoms with van der Waals surface area (Å²) in [7, 11) is 2.18. The summed E-state index contributed by atoms with van der Waals surface area (Å²) in [4.78, 5) is 4.95. The molecular weight excluding hydrogens is 412 g/mol. The lowest BCUT2D eigenvalue weighted by Gasteiger charge is -2.26. The molecule has 1 aromatic carbocycles. The first-order valence-electron chi connectivity index (χ1n) is 10.1. The monoisotopic (exact) mass is 441 g/mol. The molecule has 2 aromatic rings. The quantitative estimate of drug-likeness (QED) is 0.793. The number of aromatic nitrogens is 2. The van der Waals surface area contributed by atoms with Crippen molar-refractivity contribution in [2.45, 2.75) is 32.1 Å². The Kier molecular flexibility index (Phi) is 7.23. The van der Waals surface area contributed by atoms with Gasteiger partial charge in [-0.15, -0.1) is 24.8 Å². The molecule has 2 saturated heterocycles. The van der Waals surface area contributed by atoms with Gasteiger partial charge in [0.1, 0.15) is 5.82 Å². The first-order valence-corrected chi connectivity index (χ1v) is 10.1. The minimum Gasteiger partial charge on any atom is -0.311 e. The van der Waals surface area contributed by atoms with Crippen molar-refractivity contribution in [1.82, 2.24) is 24.9 Å². The second-order valence-electron chi connectivity index (χ2n) is 8.44. The SMILES string of the molecule is CN1C[C@H]2CN(Cc3cc4n(n3)CCCNC4)C[C@H]2[C@@H]1c1cccc(F)c1.Cl.Cl. The lowest BCUT2D eigenvalue weighted by atomic mass is 9.89. The highest BCUT2D eigenvalue weighted by molar-refractivity contribution is 5.85. The molecule has 8 heteroatoms. The summed E-state index contributed by atoms with van der Waals surface area (Å²) in [5.74, 6) is 1.09. The Morgan fingerprint density at radius 3 is 2.86 bits per heavy atom. The zero-order valence-electron chi connectivity index (χ0n) is 16.8. The van der Waals surface area contributed by atoms with Gasteiger partial charge >= 0.3 is 0 Å². The highest BCUT2D eigenvalue weighted by Gasteiger charge is 2.46. The van der Waals surface area contributed by atoms with E-state index in [-0.39, 0.29) is 30.6 Å². The highest BCUT2D eigenvalue weighted by atomic mass is 35.5. The van der Waals surface area contributed by atoms with Gasteiger partial charge in [-0.05, 0) is 55.6 Å². The molecule has 3 aliphatic rings. The molecule has 0 amide bonds. The van der Waals surface area contributed by atoms with Crippen molar-refractivity contribution in [3.63, 3.8) is 0 Å². The topological polar surface area (TPSA) is 36.3 Å². The van der Waals surface area contributed by atoms with E-state index in [0.29, 0.717) is 17.9 Å². The van der Waals surface area contributed by atoms with E-state index in [4.69, 9.17) is 5.10 Å². The number of nitrogens with one attached hydrogen (secondary N) is 1. The fourth-order valence-corrected chi connectivity index (χ4v) is 5.40. The van der Waals surface area contributed by atoms with Gasteiger partial charge in [0.2, 0.25) is 0 Å². The molecule has 160 valence electrons. The molecule has 4 heterocycles. The Morgan fingerprint density at radius 2 is 2.03 bits per heavy atom. The molecule has 0 saturated carbocycles. The van der Waals surface area contributed by atoms with Crippen LogP contribution in [-0.2, 0) is 19.6 Å². The summed E-state index contributed by atoms with van der Waals surface area (Å²) < 4.78 is 15.9. The molecule has 0 radical (unpaired) electrons. The van der Waals surface area contributed by atoms with Crippen molar-refractivity contribution >= 4 is 24.8 Å². The van der Waals surface area contributed by atoms with E-state index >= 15 is 0 Å². The fourth-order valence-electron chi connectivity index (χ4n) is 5.40. The Hall–Kier alpha value is -1.18. The molecule has 2 fully saturated rings. The third kappa shape index (κ3) is 4.47. The van der Waals surface area contributed by atoms with Crippen LogP contribution in [-0.4, -0.2) is 52.8 Å². The van der Waals surface area contributed by atoms with Crippen LogP contribution in [0.2, 0.25) is 0 Å². The third-order valence-corrected chi connectivity index (χ3v) is 6.49. The maximum Gasteiger partial charge on any atom is 0.123 e. The van der Waals surface area contributed by atoms with Crippen molar-refractivity contribution < 1.29 is 4.39 Å². The largest absolute Gasteiger partial charge is 0.311 e. The standard InChI is InChI=1S/C21H28FN5.2ClH/c1-25-11-16-12-26(13-18-9-19-10-23-6-3-7-27(19)24-18)14-20(16)21(25)15-4-2-5-17(22)8-15;;/h2,4-5,8-9,16,20-21,23H,3,6-7,10-14H2,1H3;2*1H/t16-,20+,21-;;/m0../s1. The Bertz CT molecular complexity index is 806. The zero-order chi connectivity index (χ0) is 18.4. The maximum absolute atomic E-state index is 13.8. The molecule has 0 unspecified atom stereocenters. The van der Waals surface area contributed by atoms with Gasteiger partial charge in [-0.1, -0.05) is 12.1 Å². The molecule has 5 nitrogen and oxygen atoms in total. The first-order chi connectivity index (χ1) is 13.2. The van der Waals surface area contributed by atoms with Crippen LogP contribution in [0.3, 0.4) is 0 Å². The van der Waals surface area contributed by atoms with E-state index in [1.807, 2.05) is 6.07 Å². The number of aryl methyl sites for hydroxylation is 1. The van der Waals surface area contributed by atoms with Crippen LogP contribution < -0.4 is 5.32 Å². The van der Waals surface area contributed by atoms with Crippen LogP contribution in [0.5, 0.6) is 0 Å². The summed E-state index contributed by atoms with van der Waals surface area (Å²) in [6, 6.07) is 9.75. The number of likely N-dealkylation sites (tertiary alicyclic amines) is 2. The van der Waals surface area contributed by atoms with Gasteiger partial charge in [0, 0.05) is 45.3 Å². The van der Waals surface area contributed by atoms with Crippen molar-refractivity contribution in [2.24, 2.45) is 11.8 Å². The lowest BCUT2D eigenvalue weighted by molar-refractivity contribution is 0.222. The van der Waals surface area contributed by atoms with E-state index in [1.54, 1.807) is 6.07 Å². The van der Waals surface area contributed by atoms with Crippen LogP contribution in [0.4, 0.5) is 4.39 Å². The minimum atomic E-state index is -0.132. The minimum absolute atomic E-state index is 0. The Labute approximate surface area is 184 Å². The third-order valence-electron chi connectivity index (χ3n) is 6.49. The van der Waals surface area contributed by atoms with Crippen LogP contribution in [0.1, 0.15) is 29.4 Å². The first kappa shape index (κ1) is 22.5. The Balaban J connectivity index is 0.00000120. The summed E-state index contributed by atoms with van der Waals surface area (Å²) >= 11 is 0. The maximum atomic E-state index is 13.8. The summed E-state index contributed by atoms with van der Waals surface area (Å²) in [5.41, 5.74) is 3.61.